The maximum absolute atomic E-state index is 12.4. The number of rotatable bonds is 2. The van der Waals surface area contributed by atoms with Gasteiger partial charge in [-0.15, -0.1) is 0 Å². The number of amides is 1. The summed E-state index contributed by atoms with van der Waals surface area (Å²) < 4.78 is 0.701. The van der Waals surface area contributed by atoms with Gasteiger partial charge in [-0.1, -0.05) is 24.3 Å². The molecule has 1 amide bonds. The van der Waals surface area contributed by atoms with Crippen LogP contribution in [0, 0.1) is 5.92 Å². The van der Waals surface area contributed by atoms with Crippen LogP contribution in [0.2, 0.25) is 0 Å². The van der Waals surface area contributed by atoms with E-state index in [1.807, 2.05) is 6.07 Å². The Morgan fingerprint density at radius 1 is 1.33 bits per heavy atom. The van der Waals surface area contributed by atoms with Gasteiger partial charge in [0, 0.05) is 5.92 Å². The van der Waals surface area contributed by atoms with Crippen molar-refractivity contribution in [3.05, 3.63) is 52.1 Å². The van der Waals surface area contributed by atoms with E-state index in [1.54, 1.807) is 6.07 Å². The number of benzene rings is 1. The van der Waals surface area contributed by atoms with E-state index in [4.69, 9.17) is 5.73 Å². The van der Waals surface area contributed by atoms with Gasteiger partial charge in [0.2, 0.25) is 5.91 Å². The van der Waals surface area contributed by atoms with Crippen LogP contribution in [0.1, 0.15) is 17.5 Å². The first-order chi connectivity index (χ1) is 10.1. The van der Waals surface area contributed by atoms with Crippen molar-refractivity contribution in [1.82, 2.24) is 4.98 Å². The first kappa shape index (κ1) is 14.1. The average molecular weight is 346 g/mol. The molecule has 1 aromatic heterocycles. The number of anilines is 2. The predicted octanol–water partition coefficient (Wildman–Crippen LogP) is 3.17. The summed E-state index contributed by atoms with van der Waals surface area (Å²) in [4.78, 5) is 16.6. The minimum atomic E-state index is -0.00819. The van der Waals surface area contributed by atoms with Crippen molar-refractivity contribution in [2.45, 2.75) is 19.3 Å². The summed E-state index contributed by atoms with van der Waals surface area (Å²) >= 11 is 3.37. The van der Waals surface area contributed by atoms with Crippen LogP contribution in [0.25, 0.3) is 0 Å². The summed E-state index contributed by atoms with van der Waals surface area (Å²) in [6.45, 7) is 0. The minimum Gasteiger partial charge on any atom is -0.397 e. The van der Waals surface area contributed by atoms with Gasteiger partial charge in [-0.2, -0.15) is 0 Å². The lowest BCUT2D eigenvalue weighted by Crippen LogP contribution is -2.28. The van der Waals surface area contributed by atoms with Crippen LogP contribution in [0.3, 0.4) is 0 Å². The zero-order valence-electron chi connectivity index (χ0n) is 11.5. The van der Waals surface area contributed by atoms with Crippen molar-refractivity contribution in [1.29, 1.82) is 0 Å². The molecule has 108 valence electrons. The Balaban J connectivity index is 1.72. The van der Waals surface area contributed by atoms with E-state index in [2.05, 4.69) is 44.4 Å². The van der Waals surface area contributed by atoms with Crippen LogP contribution in [-0.2, 0) is 17.6 Å². The number of nitrogen functional groups attached to an aromatic ring is 1. The van der Waals surface area contributed by atoms with Gasteiger partial charge in [-0.05, 0) is 52.4 Å². The van der Waals surface area contributed by atoms with Crippen molar-refractivity contribution in [2.24, 2.45) is 5.92 Å². The van der Waals surface area contributed by atoms with E-state index in [1.165, 1.54) is 17.3 Å². The summed E-state index contributed by atoms with van der Waals surface area (Å²) in [6.07, 6.45) is 4.14. The second-order valence-corrected chi connectivity index (χ2v) is 6.15. The molecule has 3 N–H and O–H groups in total. The zero-order valence-corrected chi connectivity index (χ0v) is 13.1. The monoisotopic (exact) mass is 345 g/mol. The number of fused-ring (bicyclic) bond motifs is 1. The summed E-state index contributed by atoms with van der Waals surface area (Å²) in [6, 6.07) is 10.1. The number of nitrogens with zero attached hydrogens (tertiary/aromatic N) is 1. The molecule has 1 unspecified atom stereocenters. The van der Waals surface area contributed by atoms with Crippen molar-refractivity contribution in [3.8, 4) is 0 Å². The molecule has 5 heteroatoms. The van der Waals surface area contributed by atoms with Crippen LogP contribution < -0.4 is 11.1 Å². The molecule has 0 aliphatic heterocycles. The highest BCUT2D eigenvalue weighted by molar-refractivity contribution is 9.10. The SMILES string of the molecule is Nc1cnc(NC(=O)C2CCc3ccccc3C2)c(Br)c1. The van der Waals surface area contributed by atoms with Gasteiger partial charge in [0.15, 0.2) is 0 Å². The molecule has 3 rings (SSSR count). The van der Waals surface area contributed by atoms with Crippen LogP contribution >= 0.6 is 15.9 Å². The molecule has 0 radical (unpaired) electrons. The molecule has 0 fully saturated rings. The Bertz CT molecular complexity index is 687. The number of hydrogen-bond acceptors (Lipinski definition) is 3. The predicted molar refractivity (Wildman–Crippen MR) is 86.9 cm³/mol. The first-order valence-electron chi connectivity index (χ1n) is 6.92. The van der Waals surface area contributed by atoms with Gasteiger partial charge in [-0.3, -0.25) is 4.79 Å². The Morgan fingerprint density at radius 3 is 2.86 bits per heavy atom. The van der Waals surface area contributed by atoms with E-state index < -0.39 is 0 Å². The third kappa shape index (κ3) is 3.08. The topological polar surface area (TPSA) is 68.0 Å². The summed E-state index contributed by atoms with van der Waals surface area (Å²) in [5.41, 5.74) is 8.84. The first-order valence-corrected chi connectivity index (χ1v) is 7.71. The van der Waals surface area contributed by atoms with Gasteiger partial charge in [-0.25, -0.2) is 4.98 Å². The number of aromatic nitrogens is 1. The molecule has 2 aromatic rings. The van der Waals surface area contributed by atoms with E-state index in [9.17, 15) is 4.79 Å². The third-order valence-electron chi connectivity index (χ3n) is 3.82. The third-order valence-corrected chi connectivity index (χ3v) is 4.43. The molecule has 1 heterocycles. The highest BCUT2D eigenvalue weighted by Gasteiger charge is 2.25. The lowest BCUT2D eigenvalue weighted by Gasteiger charge is -2.23. The second-order valence-electron chi connectivity index (χ2n) is 5.30. The number of carbonyl (C=O) groups excluding carboxylic acids is 1. The molecule has 0 bridgehead atoms. The molecule has 21 heavy (non-hydrogen) atoms. The molecule has 1 aromatic carbocycles. The summed E-state index contributed by atoms with van der Waals surface area (Å²) in [7, 11) is 0. The Hall–Kier alpha value is -1.88. The van der Waals surface area contributed by atoms with Crippen molar-refractivity contribution >= 4 is 33.3 Å². The standard InChI is InChI=1S/C16H16BrN3O/c17-14-8-13(18)9-19-15(14)20-16(21)12-6-5-10-3-1-2-4-11(10)7-12/h1-4,8-9,12H,5-7,18H2,(H,19,20,21). The number of nitrogens with two attached hydrogens (primary N) is 1. The number of pyridine rings is 1. The normalized spacial score (nSPS) is 17.1. The summed E-state index contributed by atoms with van der Waals surface area (Å²) in [5, 5.41) is 2.89. The molecule has 1 aliphatic carbocycles. The lowest BCUT2D eigenvalue weighted by atomic mass is 9.83. The second kappa shape index (κ2) is 5.85. The number of hydrogen-bond donors (Lipinski definition) is 2. The van der Waals surface area contributed by atoms with E-state index >= 15 is 0 Å². The van der Waals surface area contributed by atoms with E-state index in [-0.39, 0.29) is 11.8 Å². The Kier molecular flexibility index (Phi) is 3.92. The lowest BCUT2D eigenvalue weighted by molar-refractivity contribution is -0.120. The fourth-order valence-corrected chi connectivity index (χ4v) is 3.15. The molecule has 0 saturated carbocycles. The smallest absolute Gasteiger partial charge is 0.229 e. The highest BCUT2D eigenvalue weighted by atomic mass is 79.9. The van der Waals surface area contributed by atoms with E-state index in [0.717, 1.165) is 19.3 Å². The number of nitrogens with one attached hydrogen (secondary N) is 1. The molecular weight excluding hydrogens is 330 g/mol. The Labute approximate surface area is 131 Å². The molecule has 1 atom stereocenters. The highest BCUT2D eigenvalue weighted by Crippen LogP contribution is 2.27. The van der Waals surface area contributed by atoms with Crippen LogP contribution in [0.4, 0.5) is 11.5 Å². The zero-order chi connectivity index (χ0) is 14.8. The van der Waals surface area contributed by atoms with E-state index in [0.29, 0.717) is 16.0 Å². The number of aryl methyl sites for hydroxylation is 1. The van der Waals surface area contributed by atoms with Crippen LogP contribution in [0.5, 0.6) is 0 Å². The fraction of sp³-hybridized carbons (Fsp3) is 0.250. The molecule has 0 saturated heterocycles. The number of halogens is 1. The summed E-state index contributed by atoms with van der Waals surface area (Å²) in [5.74, 6) is 0.529. The van der Waals surface area contributed by atoms with Crippen LogP contribution in [-0.4, -0.2) is 10.9 Å². The minimum absolute atomic E-state index is 0.00819. The maximum atomic E-state index is 12.4. The fourth-order valence-electron chi connectivity index (χ4n) is 2.69. The quantitative estimate of drug-likeness (QED) is 0.878. The van der Waals surface area contributed by atoms with Crippen molar-refractivity contribution in [2.75, 3.05) is 11.1 Å². The Morgan fingerprint density at radius 2 is 2.10 bits per heavy atom. The molecule has 1 aliphatic rings. The largest absolute Gasteiger partial charge is 0.397 e. The van der Waals surface area contributed by atoms with Gasteiger partial charge in [0.1, 0.15) is 5.82 Å². The van der Waals surface area contributed by atoms with Crippen LogP contribution in [0.15, 0.2) is 41.0 Å². The molecular formula is C16H16BrN3O. The van der Waals surface area contributed by atoms with Crippen molar-refractivity contribution in [3.63, 3.8) is 0 Å². The van der Waals surface area contributed by atoms with Crippen molar-refractivity contribution < 1.29 is 4.79 Å². The molecule has 4 nitrogen and oxygen atoms in total. The van der Waals surface area contributed by atoms with Gasteiger partial charge in [0.05, 0.1) is 16.4 Å². The van der Waals surface area contributed by atoms with Gasteiger partial charge in [0.25, 0.3) is 0 Å². The number of carbonyl (C=O) groups is 1. The molecule has 0 spiro atoms. The maximum Gasteiger partial charge on any atom is 0.229 e. The van der Waals surface area contributed by atoms with Gasteiger partial charge < -0.3 is 11.1 Å². The average Bonchev–Trinajstić information content (AvgIpc) is 2.49. The van der Waals surface area contributed by atoms with Gasteiger partial charge >= 0.3 is 0 Å².